The van der Waals surface area contributed by atoms with Crippen molar-refractivity contribution in [1.82, 2.24) is 0 Å². The van der Waals surface area contributed by atoms with Gasteiger partial charge in [-0.25, -0.2) is 0 Å². The summed E-state index contributed by atoms with van der Waals surface area (Å²) >= 11 is 0. The van der Waals surface area contributed by atoms with E-state index in [4.69, 9.17) is 28.4 Å². The first kappa shape index (κ1) is 39.8. The summed E-state index contributed by atoms with van der Waals surface area (Å²) in [5.41, 5.74) is 5.59. The second kappa shape index (κ2) is 15.5. The fourth-order valence-electron chi connectivity index (χ4n) is 9.16. The number of carbonyl (C=O) groups excluding carboxylic acids is 2. The molecule has 6 atom stereocenters. The molecular formula is C45H52N2O10. The zero-order chi connectivity index (χ0) is 40.8. The van der Waals surface area contributed by atoms with Crippen molar-refractivity contribution >= 4 is 11.9 Å². The summed E-state index contributed by atoms with van der Waals surface area (Å²) in [4.78, 5) is 25.4. The molecule has 12 nitrogen and oxygen atoms in total. The number of quaternary nitrogens is 2. The van der Waals surface area contributed by atoms with Crippen LogP contribution in [0.4, 0.5) is 0 Å². The highest BCUT2D eigenvalue weighted by molar-refractivity contribution is 5.70. The molecule has 4 aliphatic heterocycles. The molecule has 4 aromatic rings. The number of likely N-dealkylation sites (N-methyl/N-ethyl adjacent to an activating group) is 2. The van der Waals surface area contributed by atoms with Crippen molar-refractivity contribution in [3.63, 3.8) is 0 Å². The summed E-state index contributed by atoms with van der Waals surface area (Å²) in [6.45, 7) is 6.67. The van der Waals surface area contributed by atoms with Crippen molar-refractivity contribution in [1.29, 1.82) is 0 Å². The first-order valence-electron chi connectivity index (χ1n) is 19.6. The lowest BCUT2D eigenvalue weighted by Gasteiger charge is -2.50. The highest BCUT2D eigenvalue weighted by atomic mass is 16.6. The van der Waals surface area contributed by atoms with Crippen LogP contribution in [-0.2, 0) is 35.3 Å². The first-order chi connectivity index (χ1) is 27.3. The van der Waals surface area contributed by atoms with E-state index in [1.807, 2.05) is 81.7 Å². The zero-order valence-electron chi connectivity index (χ0n) is 34.0. The van der Waals surface area contributed by atoms with E-state index in [-0.39, 0.29) is 15.0 Å². The summed E-state index contributed by atoms with van der Waals surface area (Å²) in [5.74, 6) is 1.56. The van der Waals surface area contributed by atoms with Crippen LogP contribution in [0.15, 0.2) is 60.7 Å². The number of carboxylic acids is 2. The van der Waals surface area contributed by atoms with Gasteiger partial charge < -0.3 is 57.2 Å². The molecule has 0 fully saturated rings. The minimum Gasteiger partial charge on any atom is -0.544 e. The van der Waals surface area contributed by atoms with Crippen molar-refractivity contribution in [3.05, 3.63) is 94.0 Å². The van der Waals surface area contributed by atoms with Gasteiger partial charge in [0.05, 0.1) is 72.6 Å². The van der Waals surface area contributed by atoms with Gasteiger partial charge in [-0.15, -0.1) is 0 Å². The number of benzene rings is 4. The summed E-state index contributed by atoms with van der Waals surface area (Å²) in [6, 6.07) is 17.0. The molecule has 0 aromatic heterocycles. The molecule has 4 aromatic carbocycles. The molecule has 4 heterocycles. The van der Waals surface area contributed by atoms with Crippen molar-refractivity contribution in [3.8, 4) is 46.0 Å². The van der Waals surface area contributed by atoms with E-state index in [0.717, 1.165) is 33.4 Å². The molecule has 302 valence electrons. The number of ether oxygens (including phenoxy) is 6. The highest BCUT2D eigenvalue weighted by Crippen LogP contribution is 2.54. The molecule has 8 rings (SSSR count). The van der Waals surface area contributed by atoms with Gasteiger partial charge in [0.15, 0.2) is 34.5 Å². The highest BCUT2D eigenvalue weighted by Gasteiger charge is 2.48. The summed E-state index contributed by atoms with van der Waals surface area (Å²) < 4.78 is 38.1. The Morgan fingerprint density at radius 2 is 1.28 bits per heavy atom. The molecule has 0 N–H and O–H groups in total. The molecule has 0 aliphatic carbocycles. The van der Waals surface area contributed by atoms with Crippen LogP contribution in [0.25, 0.3) is 0 Å². The smallest absolute Gasteiger partial charge is 0.204 e. The Kier molecular flexibility index (Phi) is 10.8. The van der Waals surface area contributed by atoms with E-state index in [2.05, 4.69) is 0 Å². The van der Waals surface area contributed by atoms with Crippen LogP contribution < -0.4 is 38.6 Å². The van der Waals surface area contributed by atoms with Gasteiger partial charge in [-0.3, -0.25) is 0 Å². The van der Waals surface area contributed by atoms with Crippen LogP contribution >= 0.6 is 0 Å². The van der Waals surface area contributed by atoms with Crippen molar-refractivity contribution < 1.29 is 57.2 Å². The fraction of sp³-hybridized carbons (Fsp3) is 0.422. The Bertz CT molecular complexity index is 2190. The monoisotopic (exact) mass is 780 g/mol. The number of carbonyl (C=O) groups is 2. The van der Waals surface area contributed by atoms with Gasteiger partial charge in [0.25, 0.3) is 0 Å². The van der Waals surface area contributed by atoms with Crippen LogP contribution in [0.1, 0.15) is 66.2 Å². The Labute approximate surface area is 334 Å². The van der Waals surface area contributed by atoms with E-state index < -0.39 is 30.1 Å². The third kappa shape index (κ3) is 6.99. The van der Waals surface area contributed by atoms with Gasteiger partial charge in [-0.2, -0.15) is 0 Å². The molecule has 0 amide bonds. The van der Waals surface area contributed by atoms with Crippen LogP contribution in [0.3, 0.4) is 0 Å². The lowest BCUT2D eigenvalue weighted by Crippen LogP contribution is -2.62. The minimum atomic E-state index is -1.15. The largest absolute Gasteiger partial charge is 0.544 e. The molecule has 0 spiro atoms. The predicted molar refractivity (Wildman–Crippen MR) is 208 cm³/mol. The lowest BCUT2D eigenvalue weighted by molar-refractivity contribution is -0.956. The van der Waals surface area contributed by atoms with Crippen LogP contribution in [-0.4, -0.2) is 88.1 Å². The zero-order valence-corrected chi connectivity index (χ0v) is 34.0. The van der Waals surface area contributed by atoms with Crippen molar-refractivity contribution in [2.45, 2.75) is 70.6 Å². The molecule has 57 heavy (non-hydrogen) atoms. The SMILES string of the molecule is CCOc1c(OC)cc2c3c1Oc1cc4c(cc1OC)CC[N+](C)(C(C)C(=O)[O-])C4Cc1ccc(cc1)Oc1cc(ccc1OC)CC3[N+](C)(C(C)C(=O)[O-])CC2. The average Bonchev–Trinajstić information content (AvgIpc) is 3.20. The Balaban J connectivity index is 1.55. The Morgan fingerprint density at radius 3 is 1.89 bits per heavy atom. The van der Waals surface area contributed by atoms with Crippen LogP contribution in [0, 0.1) is 0 Å². The number of fused-ring (bicyclic) bond motifs is 2. The molecule has 0 radical (unpaired) electrons. The van der Waals surface area contributed by atoms with Crippen LogP contribution in [0.2, 0.25) is 0 Å². The van der Waals surface area contributed by atoms with E-state index >= 15 is 0 Å². The maximum absolute atomic E-state index is 12.8. The van der Waals surface area contributed by atoms with Crippen molar-refractivity contribution in [2.24, 2.45) is 0 Å². The van der Waals surface area contributed by atoms with E-state index in [9.17, 15) is 19.8 Å². The Hall–Kier alpha value is -5.46. The van der Waals surface area contributed by atoms with Gasteiger partial charge >= 0.3 is 0 Å². The van der Waals surface area contributed by atoms with Gasteiger partial charge in [-0.1, -0.05) is 18.2 Å². The molecular weight excluding hydrogens is 728 g/mol. The van der Waals surface area contributed by atoms with Crippen LogP contribution in [0.5, 0.6) is 46.0 Å². The average molecular weight is 781 g/mol. The van der Waals surface area contributed by atoms with Crippen molar-refractivity contribution in [2.75, 3.05) is 55.1 Å². The van der Waals surface area contributed by atoms with Gasteiger partial charge in [0.2, 0.25) is 5.75 Å². The molecule has 6 unspecified atom stereocenters. The minimum absolute atomic E-state index is 0.119. The number of hydrogen-bond acceptors (Lipinski definition) is 10. The normalized spacial score (nSPS) is 23.3. The standard InChI is InChI=1S/C45H52N2O10/c1-9-55-42-40(54-8)24-31-17-19-47(5,27(3)45(50)51)35-21-29-12-15-36(52-6)38(22-29)56-32-13-10-28(11-14-32)20-34-33-25-39(57-43(42)41(31)35)37(53-7)23-30(33)16-18-46(34,4)26(2)44(48)49/h10-15,22-27,34-35H,9,16-21H2,1-8H3. The van der Waals surface area contributed by atoms with Gasteiger partial charge in [0, 0.05) is 31.2 Å². The second-order valence-corrected chi connectivity index (χ2v) is 15.8. The number of methoxy groups -OCH3 is 3. The van der Waals surface area contributed by atoms with Gasteiger partial charge in [0.1, 0.15) is 29.9 Å². The van der Waals surface area contributed by atoms with E-state index in [0.29, 0.717) is 91.4 Å². The lowest BCUT2D eigenvalue weighted by atomic mass is 9.84. The summed E-state index contributed by atoms with van der Waals surface area (Å²) in [5, 5.41) is 25.4. The number of aliphatic carboxylic acids is 2. The van der Waals surface area contributed by atoms with E-state index in [1.54, 1.807) is 35.2 Å². The third-order valence-electron chi connectivity index (χ3n) is 13.0. The molecule has 0 saturated heterocycles. The maximum atomic E-state index is 12.8. The first-order valence-corrected chi connectivity index (χ1v) is 19.6. The molecule has 12 heteroatoms. The number of hydrogen-bond donors (Lipinski definition) is 0. The molecule has 0 saturated carbocycles. The predicted octanol–water partition coefficient (Wildman–Crippen LogP) is 4.86. The third-order valence-corrected chi connectivity index (χ3v) is 13.0. The molecule has 6 bridgehead atoms. The number of carboxylic acid groups (broad SMARTS) is 2. The van der Waals surface area contributed by atoms with Gasteiger partial charge in [-0.05, 0) is 85.5 Å². The second-order valence-electron chi connectivity index (χ2n) is 15.8. The summed E-state index contributed by atoms with van der Waals surface area (Å²) in [6.07, 6.45) is 2.06. The fourth-order valence-corrected chi connectivity index (χ4v) is 9.16. The number of nitrogens with zero attached hydrogens (tertiary/aromatic N) is 2. The van der Waals surface area contributed by atoms with E-state index in [1.165, 1.54) is 0 Å². The molecule has 4 aliphatic rings. The number of rotatable bonds is 9. The maximum Gasteiger partial charge on any atom is 0.204 e. The Morgan fingerprint density at radius 1 is 0.719 bits per heavy atom. The summed E-state index contributed by atoms with van der Waals surface area (Å²) in [7, 11) is 8.71. The quantitative estimate of drug-likeness (QED) is 0.217. The topological polar surface area (TPSA) is 136 Å².